The fourth-order valence-corrected chi connectivity index (χ4v) is 8.42. The molecule has 2 nitrogen and oxygen atoms in total. The lowest BCUT2D eigenvalue weighted by atomic mass is 9.69. The Bertz CT molecular complexity index is 2130. The molecule has 0 amide bonds. The molecule has 0 aliphatic heterocycles. The Balaban J connectivity index is 1.27. The molecular formula is C46H42N2. The monoisotopic (exact) mass is 622 g/mol. The van der Waals surface area contributed by atoms with Gasteiger partial charge in [0.25, 0.3) is 0 Å². The Kier molecular flexibility index (Phi) is 8.32. The quantitative estimate of drug-likeness (QED) is 0.158. The van der Waals surface area contributed by atoms with Crippen LogP contribution in [0, 0.1) is 5.92 Å². The van der Waals surface area contributed by atoms with Gasteiger partial charge in [0.05, 0.1) is 5.69 Å². The van der Waals surface area contributed by atoms with Crippen LogP contribution >= 0.6 is 0 Å². The van der Waals surface area contributed by atoms with Crippen molar-refractivity contribution in [2.75, 3.05) is 0 Å². The van der Waals surface area contributed by atoms with Gasteiger partial charge in [0.2, 0.25) is 0 Å². The number of hydrogen-bond acceptors (Lipinski definition) is 2. The van der Waals surface area contributed by atoms with Crippen molar-refractivity contribution in [3.8, 4) is 22.4 Å². The van der Waals surface area contributed by atoms with Gasteiger partial charge in [0.1, 0.15) is 0 Å². The molecule has 0 radical (unpaired) electrons. The van der Waals surface area contributed by atoms with Gasteiger partial charge in [-0.2, -0.15) is 0 Å². The molecule has 48 heavy (non-hydrogen) atoms. The second kappa shape index (κ2) is 13.2. The lowest BCUT2D eigenvalue weighted by Crippen LogP contribution is -2.20. The van der Waals surface area contributed by atoms with Crippen molar-refractivity contribution in [2.45, 2.75) is 57.8 Å². The van der Waals surface area contributed by atoms with Crippen LogP contribution in [-0.4, -0.2) is 9.97 Å². The second-order valence-electron chi connectivity index (χ2n) is 13.4. The maximum Gasteiger partial charge on any atom is 0.0705 e. The Morgan fingerprint density at radius 2 is 1.29 bits per heavy atom. The van der Waals surface area contributed by atoms with E-state index in [1.165, 1.54) is 79.8 Å². The summed E-state index contributed by atoms with van der Waals surface area (Å²) < 4.78 is 0. The first kappa shape index (κ1) is 30.3. The van der Waals surface area contributed by atoms with Crippen LogP contribution in [0.3, 0.4) is 0 Å². The van der Waals surface area contributed by atoms with Crippen LogP contribution in [-0.2, 0) is 0 Å². The predicted molar refractivity (Wildman–Crippen MR) is 203 cm³/mol. The second-order valence-corrected chi connectivity index (χ2v) is 13.4. The summed E-state index contributed by atoms with van der Waals surface area (Å²) in [5.74, 6) is 1.42. The fraction of sp³-hybridized carbons (Fsp3) is 0.217. The van der Waals surface area contributed by atoms with Crippen LogP contribution in [0.1, 0.15) is 74.5 Å². The average Bonchev–Trinajstić information content (AvgIpc) is 3.16. The van der Waals surface area contributed by atoms with Gasteiger partial charge < -0.3 is 0 Å². The predicted octanol–water partition coefficient (Wildman–Crippen LogP) is 12.5. The highest BCUT2D eigenvalue weighted by molar-refractivity contribution is 6.19. The highest BCUT2D eigenvalue weighted by atomic mass is 14.7. The smallest absolute Gasteiger partial charge is 0.0705 e. The van der Waals surface area contributed by atoms with Crippen LogP contribution < -0.4 is 0 Å². The van der Waals surface area contributed by atoms with Crippen LogP contribution in [0.25, 0.3) is 49.5 Å². The molecule has 3 atom stereocenters. The van der Waals surface area contributed by atoms with Crippen molar-refractivity contribution in [1.29, 1.82) is 0 Å². The maximum absolute atomic E-state index is 4.73. The highest BCUT2D eigenvalue weighted by Gasteiger charge is 2.32. The molecule has 2 aliphatic carbocycles. The molecular weight excluding hydrogens is 581 g/mol. The first-order valence-electron chi connectivity index (χ1n) is 17.7. The van der Waals surface area contributed by atoms with Crippen molar-refractivity contribution >= 4 is 27.1 Å². The summed E-state index contributed by atoms with van der Waals surface area (Å²) in [6.07, 6.45) is 21.0. The normalized spacial score (nSPS) is 18.0. The number of allylic oxidation sites excluding steroid dienone is 6. The Hall–Kier alpha value is -5.08. The zero-order chi connectivity index (χ0) is 32.5. The summed E-state index contributed by atoms with van der Waals surface area (Å²) in [6.45, 7) is 4.60. The van der Waals surface area contributed by atoms with Gasteiger partial charge in [-0.25, -0.2) is 0 Å². The molecule has 3 unspecified atom stereocenters. The van der Waals surface area contributed by atoms with E-state index in [0.717, 1.165) is 24.1 Å². The van der Waals surface area contributed by atoms with Gasteiger partial charge in [0.15, 0.2) is 0 Å². The summed E-state index contributed by atoms with van der Waals surface area (Å²) in [7, 11) is 0. The van der Waals surface area contributed by atoms with Crippen molar-refractivity contribution < 1.29 is 0 Å². The minimum atomic E-state index is 0.392. The van der Waals surface area contributed by atoms with Gasteiger partial charge in [-0.1, -0.05) is 117 Å². The lowest BCUT2D eigenvalue weighted by Gasteiger charge is -2.34. The summed E-state index contributed by atoms with van der Waals surface area (Å²) in [6, 6.07) is 36.2. The third kappa shape index (κ3) is 5.40. The Labute approximate surface area is 284 Å². The molecule has 2 heteroatoms. The largest absolute Gasteiger partial charge is 0.265 e. The van der Waals surface area contributed by atoms with E-state index >= 15 is 0 Å². The average molecular weight is 623 g/mol. The molecule has 0 fully saturated rings. The minimum Gasteiger partial charge on any atom is -0.265 e. The number of benzene rings is 4. The Morgan fingerprint density at radius 1 is 0.646 bits per heavy atom. The molecule has 2 heterocycles. The number of pyridine rings is 2. The molecule has 0 saturated carbocycles. The van der Waals surface area contributed by atoms with E-state index in [9.17, 15) is 0 Å². The molecule has 4 aromatic carbocycles. The summed E-state index contributed by atoms with van der Waals surface area (Å²) >= 11 is 0. The molecule has 2 aliphatic rings. The molecule has 6 aromatic rings. The van der Waals surface area contributed by atoms with Crippen molar-refractivity contribution in [1.82, 2.24) is 9.97 Å². The highest BCUT2D eigenvalue weighted by Crippen LogP contribution is 2.49. The topological polar surface area (TPSA) is 25.8 Å². The molecule has 0 N–H and O–H groups in total. The van der Waals surface area contributed by atoms with Crippen LogP contribution in [0.5, 0.6) is 0 Å². The van der Waals surface area contributed by atoms with Gasteiger partial charge in [-0.15, -0.1) is 0 Å². The number of hydrogen-bond donors (Lipinski definition) is 0. The molecule has 236 valence electrons. The van der Waals surface area contributed by atoms with Gasteiger partial charge in [-0.05, 0) is 128 Å². The molecule has 0 spiro atoms. The standard InChI is InChI=1S/C46H42N2/c1-3-11-31(4-2)32-20-22-34(23-21-32)45-40-12-5-7-14-42(40)46(43-15-8-6-13-41(43)45)39-19-10-17-37-36(16-9-18-38(37)39)35-26-29-48-44(30-35)33-24-27-47-28-25-33/h5-10,12-15,18-31,36-37H,3-4,11,16-17H2,1-2H3. The molecule has 0 saturated heterocycles. The SMILES string of the molecule is CCCC(CC)c1ccc(-c2c3ccccc3c(C3=C4C=CCC(c5ccnc(-c6ccncc6)c5)C4CC=C3)c3ccccc23)cc1. The summed E-state index contributed by atoms with van der Waals surface area (Å²) in [4.78, 5) is 8.93. The molecule has 0 bridgehead atoms. The number of rotatable bonds is 8. The number of nitrogens with zero attached hydrogens (tertiary/aromatic N) is 2. The van der Waals surface area contributed by atoms with E-state index in [4.69, 9.17) is 4.98 Å². The molecule has 2 aromatic heterocycles. The van der Waals surface area contributed by atoms with Crippen LogP contribution in [0.4, 0.5) is 0 Å². The van der Waals surface area contributed by atoms with Crippen molar-refractivity contribution in [3.63, 3.8) is 0 Å². The zero-order valence-corrected chi connectivity index (χ0v) is 27.9. The Morgan fingerprint density at radius 3 is 1.96 bits per heavy atom. The van der Waals surface area contributed by atoms with Crippen molar-refractivity contribution in [2.24, 2.45) is 5.92 Å². The maximum atomic E-state index is 4.73. The van der Waals surface area contributed by atoms with Crippen molar-refractivity contribution in [3.05, 3.63) is 162 Å². The third-order valence-electron chi connectivity index (χ3n) is 10.7. The first-order chi connectivity index (χ1) is 23.7. The first-order valence-corrected chi connectivity index (χ1v) is 17.7. The minimum absolute atomic E-state index is 0.392. The summed E-state index contributed by atoms with van der Waals surface area (Å²) in [5.41, 5.74) is 11.7. The van der Waals surface area contributed by atoms with E-state index in [2.05, 4.69) is 128 Å². The van der Waals surface area contributed by atoms with Gasteiger partial charge in [-0.3, -0.25) is 9.97 Å². The number of aromatic nitrogens is 2. The lowest BCUT2D eigenvalue weighted by molar-refractivity contribution is 0.484. The van der Waals surface area contributed by atoms with E-state index in [-0.39, 0.29) is 0 Å². The van der Waals surface area contributed by atoms with E-state index in [0.29, 0.717) is 17.8 Å². The van der Waals surface area contributed by atoms with Gasteiger partial charge >= 0.3 is 0 Å². The molecule has 8 rings (SSSR count). The van der Waals surface area contributed by atoms with Crippen LogP contribution in [0.2, 0.25) is 0 Å². The third-order valence-corrected chi connectivity index (χ3v) is 10.7. The van der Waals surface area contributed by atoms with E-state index < -0.39 is 0 Å². The fourth-order valence-electron chi connectivity index (χ4n) is 8.42. The van der Waals surface area contributed by atoms with Crippen LogP contribution in [0.15, 0.2) is 146 Å². The van der Waals surface area contributed by atoms with Gasteiger partial charge in [0, 0.05) is 24.2 Å². The number of fused-ring (bicyclic) bond motifs is 3. The zero-order valence-electron chi connectivity index (χ0n) is 27.9. The van der Waals surface area contributed by atoms with E-state index in [1.807, 2.05) is 30.7 Å². The van der Waals surface area contributed by atoms with E-state index in [1.54, 1.807) is 0 Å². The summed E-state index contributed by atoms with van der Waals surface area (Å²) in [5, 5.41) is 5.27.